The SMILES string of the molecule is CC(=O)OCC1=C(C(=O)O)N2C(=O)C(N=[N+]=[N-])(C(=O)NCCCCC(P(=O)(O)O)P(=O)(O)O)[C@@H]2SC1. The van der Waals surface area contributed by atoms with Crippen molar-refractivity contribution in [1.82, 2.24) is 10.2 Å². The summed E-state index contributed by atoms with van der Waals surface area (Å²) < 4.78 is 27.4. The summed E-state index contributed by atoms with van der Waals surface area (Å²) in [6, 6.07) is 0. The molecule has 2 aliphatic heterocycles. The molecule has 2 atom stereocenters. The normalized spacial score (nSPS) is 21.9. The van der Waals surface area contributed by atoms with Crippen molar-refractivity contribution in [3.63, 3.8) is 0 Å². The number of hydrogen-bond donors (Lipinski definition) is 6. The van der Waals surface area contributed by atoms with Gasteiger partial charge in [0.1, 0.15) is 17.7 Å². The average Bonchev–Trinajstić information content (AvgIpc) is 2.75. The van der Waals surface area contributed by atoms with Crippen molar-refractivity contribution in [3.05, 3.63) is 21.7 Å². The Morgan fingerprint density at radius 3 is 2.39 bits per heavy atom. The number of aliphatic carboxylic acids is 1. The topological polar surface area (TPSA) is 277 Å². The molecular formula is C16H23N5O12P2S. The standard InChI is InChI=1S/C16H23N5O12P2S/c1-8(22)33-6-9-7-36-15-16(19-20-17,14(26)21(15)11(9)12(23)24)13(25)18-5-3-2-4-10(34(27,28)29)35(30,31)32/h10,15H,2-7H2,1H3,(H,18,25)(H,23,24)(H2,27,28,29)(H2,30,31,32)/t15-,16?/m0/s1. The van der Waals surface area contributed by atoms with Crippen molar-refractivity contribution < 1.29 is 57.7 Å². The number of esters is 1. The van der Waals surface area contributed by atoms with Gasteiger partial charge in [0.2, 0.25) is 11.4 Å². The zero-order valence-electron chi connectivity index (χ0n) is 18.6. The number of ether oxygens (including phenoxy) is 1. The molecular weight excluding hydrogens is 548 g/mol. The van der Waals surface area contributed by atoms with E-state index in [1.54, 1.807) is 0 Å². The summed E-state index contributed by atoms with van der Waals surface area (Å²) in [6.07, 6.45) is -0.661. The number of carboxylic acid groups (broad SMARTS) is 1. The van der Waals surface area contributed by atoms with Crippen LogP contribution in [0, 0.1) is 0 Å². The predicted octanol–water partition coefficient (Wildman–Crippen LogP) is -0.180. The van der Waals surface area contributed by atoms with Crippen LogP contribution in [0.5, 0.6) is 0 Å². The van der Waals surface area contributed by atoms with E-state index >= 15 is 0 Å². The minimum Gasteiger partial charge on any atom is -0.477 e. The summed E-state index contributed by atoms with van der Waals surface area (Å²) in [5.41, 5.74) is 6.28. The second-order valence-corrected chi connectivity index (χ2v) is 12.8. The van der Waals surface area contributed by atoms with Gasteiger partial charge in [0.05, 0.1) is 0 Å². The van der Waals surface area contributed by atoms with Crippen LogP contribution in [0.15, 0.2) is 16.4 Å². The molecule has 6 N–H and O–H groups in total. The highest BCUT2D eigenvalue weighted by Gasteiger charge is 2.69. The molecule has 0 aromatic carbocycles. The predicted molar refractivity (Wildman–Crippen MR) is 121 cm³/mol. The Morgan fingerprint density at radius 1 is 1.28 bits per heavy atom. The van der Waals surface area contributed by atoms with Gasteiger partial charge >= 0.3 is 27.1 Å². The zero-order valence-corrected chi connectivity index (χ0v) is 21.2. The number of unbranched alkanes of at least 4 members (excludes halogenated alkanes) is 1. The highest BCUT2D eigenvalue weighted by molar-refractivity contribution is 8.00. The number of hydrogen-bond acceptors (Lipinski definition) is 9. The average molecular weight is 571 g/mol. The Balaban J connectivity index is 2.12. The van der Waals surface area contributed by atoms with Gasteiger partial charge in [0.15, 0.2) is 5.40 Å². The highest BCUT2D eigenvalue weighted by Crippen LogP contribution is 2.61. The Kier molecular flexibility index (Phi) is 9.37. The lowest BCUT2D eigenvalue weighted by Gasteiger charge is -2.53. The molecule has 36 heavy (non-hydrogen) atoms. The molecule has 0 bridgehead atoms. The molecule has 2 amide bonds. The lowest BCUT2D eigenvalue weighted by atomic mass is 9.86. The number of azide groups is 1. The minimum absolute atomic E-state index is 0.00286. The number of nitrogens with one attached hydrogen (secondary N) is 1. The maximum Gasteiger partial charge on any atom is 0.352 e. The number of nitrogens with zero attached hydrogens (tertiary/aromatic N) is 4. The molecule has 200 valence electrons. The fourth-order valence-electron chi connectivity index (χ4n) is 3.64. The van der Waals surface area contributed by atoms with Gasteiger partial charge in [0, 0.05) is 29.7 Å². The van der Waals surface area contributed by atoms with Gasteiger partial charge in [-0.05, 0) is 18.4 Å². The van der Waals surface area contributed by atoms with Crippen molar-refractivity contribution in [3.8, 4) is 0 Å². The third kappa shape index (κ3) is 6.10. The molecule has 2 heterocycles. The summed E-state index contributed by atoms with van der Waals surface area (Å²) in [5.74, 6) is -4.41. The molecule has 1 saturated heterocycles. The maximum atomic E-state index is 13.0. The summed E-state index contributed by atoms with van der Waals surface area (Å²) in [5, 5.41) is 11.9. The van der Waals surface area contributed by atoms with Crippen molar-refractivity contribution in [2.24, 2.45) is 5.11 Å². The van der Waals surface area contributed by atoms with Gasteiger partial charge in [0.25, 0.3) is 5.91 Å². The molecule has 0 radical (unpaired) electrons. The van der Waals surface area contributed by atoms with Gasteiger partial charge in [-0.25, -0.2) is 4.79 Å². The number of carboxylic acids is 1. The molecule has 2 rings (SSSR count). The third-order valence-electron chi connectivity index (χ3n) is 5.28. The Bertz CT molecular complexity index is 1110. The van der Waals surface area contributed by atoms with Crippen LogP contribution >= 0.6 is 27.0 Å². The fraction of sp³-hybridized carbons (Fsp3) is 0.625. The molecule has 0 aromatic heterocycles. The van der Waals surface area contributed by atoms with E-state index in [2.05, 4.69) is 15.3 Å². The molecule has 0 aromatic rings. The van der Waals surface area contributed by atoms with E-state index in [9.17, 15) is 33.4 Å². The largest absolute Gasteiger partial charge is 0.477 e. The van der Waals surface area contributed by atoms with Crippen LogP contribution in [-0.4, -0.2) is 88.6 Å². The maximum absolute atomic E-state index is 13.0. The van der Waals surface area contributed by atoms with Crippen molar-refractivity contribution >= 4 is 50.7 Å². The summed E-state index contributed by atoms with van der Waals surface area (Å²) in [7, 11) is -10.2. The first-order valence-corrected chi connectivity index (χ1v) is 14.5. The fourth-order valence-corrected chi connectivity index (χ4v) is 7.67. The van der Waals surface area contributed by atoms with Crippen LogP contribution in [0.1, 0.15) is 26.2 Å². The molecule has 0 saturated carbocycles. The van der Waals surface area contributed by atoms with Crippen LogP contribution in [0.25, 0.3) is 10.4 Å². The number of thioether (sulfide) groups is 1. The second kappa shape index (κ2) is 11.3. The van der Waals surface area contributed by atoms with E-state index in [4.69, 9.17) is 29.8 Å². The van der Waals surface area contributed by atoms with Crippen molar-refractivity contribution in [2.45, 2.75) is 42.5 Å². The number of carbonyl (C=O) groups is 4. The number of β-lactam (4-membered cyclic amide) rings is 1. The monoisotopic (exact) mass is 571 g/mol. The first-order chi connectivity index (χ1) is 16.6. The summed E-state index contributed by atoms with van der Waals surface area (Å²) in [4.78, 5) is 88.6. The third-order valence-corrected chi connectivity index (χ3v) is 10.5. The molecule has 0 spiro atoms. The highest BCUT2D eigenvalue weighted by atomic mass is 32.2. The van der Waals surface area contributed by atoms with E-state index in [1.807, 2.05) is 0 Å². The number of amides is 2. The quantitative estimate of drug-likeness (QED) is 0.0259. The number of rotatable bonds is 12. The van der Waals surface area contributed by atoms with Crippen LogP contribution in [0.2, 0.25) is 0 Å². The molecule has 2 aliphatic rings. The molecule has 17 nitrogen and oxygen atoms in total. The van der Waals surface area contributed by atoms with E-state index < -0.39 is 74.0 Å². The molecule has 20 heteroatoms. The second-order valence-electron chi connectivity index (χ2n) is 7.74. The van der Waals surface area contributed by atoms with Crippen LogP contribution in [-0.2, 0) is 33.0 Å². The van der Waals surface area contributed by atoms with Gasteiger partial charge in [-0.3, -0.25) is 28.4 Å². The lowest BCUT2D eigenvalue weighted by molar-refractivity contribution is -0.160. The van der Waals surface area contributed by atoms with Crippen LogP contribution in [0.3, 0.4) is 0 Å². The molecule has 1 unspecified atom stereocenters. The van der Waals surface area contributed by atoms with E-state index in [1.165, 1.54) is 0 Å². The van der Waals surface area contributed by atoms with Crippen molar-refractivity contribution in [1.29, 1.82) is 0 Å². The van der Waals surface area contributed by atoms with Gasteiger partial charge < -0.3 is 34.7 Å². The van der Waals surface area contributed by atoms with Gasteiger partial charge in [-0.2, -0.15) is 0 Å². The minimum atomic E-state index is -5.09. The number of fused-ring (bicyclic) bond motifs is 1. The van der Waals surface area contributed by atoms with E-state index in [0.29, 0.717) is 0 Å². The molecule has 1 fully saturated rings. The van der Waals surface area contributed by atoms with E-state index in [0.717, 1.165) is 23.6 Å². The number of carbonyl (C=O) groups excluding carboxylic acids is 3. The smallest absolute Gasteiger partial charge is 0.352 e. The summed E-state index contributed by atoms with van der Waals surface area (Å²) in [6.45, 7) is 0.510. The summed E-state index contributed by atoms with van der Waals surface area (Å²) >= 11 is 0.920. The Labute approximate surface area is 207 Å². The zero-order chi connectivity index (χ0) is 27.5. The Morgan fingerprint density at radius 2 is 1.89 bits per heavy atom. The molecule has 0 aliphatic carbocycles. The lowest BCUT2D eigenvalue weighted by Crippen LogP contribution is -2.77. The van der Waals surface area contributed by atoms with E-state index in [-0.39, 0.29) is 30.7 Å². The van der Waals surface area contributed by atoms with Crippen molar-refractivity contribution in [2.75, 3.05) is 18.9 Å². The van der Waals surface area contributed by atoms with Crippen LogP contribution < -0.4 is 5.32 Å². The van der Waals surface area contributed by atoms with Crippen LogP contribution in [0.4, 0.5) is 0 Å². The first-order valence-electron chi connectivity index (χ1n) is 10.1. The van der Waals surface area contributed by atoms with Gasteiger partial charge in [-0.15, -0.1) is 11.8 Å². The van der Waals surface area contributed by atoms with Gasteiger partial charge in [-0.1, -0.05) is 11.5 Å². The Hall–Kier alpha value is -2.42. The first kappa shape index (κ1) is 29.8.